The maximum Gasteiger partial charge on any atom is 0.324 e. The minimum atomic E-state index is -1.05. The number of rotatable bonds is 5. The first kappa shape index (κ1) is 11.5. The predicted molar refractivity (Wildman–Crippen MR) is 56.9 cm³/mol. The maximum absolute atomic E-state index is 10.5. The molecule has 0 spiro atoms. The molecular weight excluding hydrogens is 194 g/mol. The summed E-state index contributed by atoms with van der Waals surface area (Å²) >= 11 is 0. The van der Waals surface area contributed by atoms with Crippen LogP contribution in [0.1, 0.15) is 12.5 Å². The molecule has 0 aliphatic heterocycles. The smallest absolute Gasteiger partial charge is 0.324 e. The molecule has 0 radical (unpaired) electrons. The zero-order valence-electron chi connectivity index (χ0n) is 8.64. The fraction of sp³-hybridized carbons (Fsp3) is 0.364. The van der Waals surface area contributed by atoms with E-state index in [1.54, 1.807) is 0 Å². The molecule has 4 nitrogen and oxygen atoms in total. The molecule has 0 saturated heterocycles. The lowest BCUT2D eigenvalue weighted by molar-refractivity contribution is -0.139. The van der Waals surface area contributed by atoms with Crippen molar-refractivity contribution in [1.29, 1.82) is 0 Å². The van der Waals surface area contributed by atoms with Crippen LogP contribution in [-0.2, 0) is 11.2 Å². The Labute approximate surface area is 88.7 Å². The third-order valence-electron chi connectivity index (χ3n) is 2.09. The van der Waals surface area contributed by atoms with Gasteiger partial charge in [0, 0.05) is 0 Å². The van der Waals surface area contributed by atoms with E-state index in [9.17, 15) is 4.79 Å². The molecule has 1 rings (SSSR count). The number of hydrogen-bond donors (Lipinski definition) is 2. The van der Waals surface area contributed by atoms with Gasteiger partial charge in [-0.3, -0.25) is 4.79 Å². The topological polar surface area (TPSA) is 72.5 Å². The summed E-state index contributed by atoms with van der Waals surface area (Å²) < 4.78 is 5.35. The van der Waals surface area contributed by atoms with E-state index in [0.717, 1.165) is 12.0 Å². The van der Waals surface area contributed by atoms with Crippen LogP contribution in [0.3, 0.4) is 0 Å². The minimum Gasteiger partial charge on any atom is -0.491 e. The zero-order valence-corrected chi connectivity index (χ0v) is 8.64. The molecule has 0 aromatic heterocycles. The second-order valence-electron chi connectivity index (χ2n) is 3.22. The Bertz CT molecular complexity index is 338. The highest BCUT2D eigenvalue weighted by Crippen LogP contribution is 2.18. The fourth-order valence-corrected chi connectivity index (χ4v) is 1.19. The van der Waals surface area contributed by atoms with Gasteiger partial charge in [0.05, 0.1) is 0 Å². The van der Waals surface area contributed by atoms with Crippen LogP contribution >= 0.6 is 0 Å². The summed E-state index contributed by atoms with van der Waals surface area (Å²) in [5.74, 6) is -0.347. The molecule has 0 fully saturated rings. The van der Waals surface area contributed by atoms with Crippen LogP contribution in [0, 0.1) is 0 Å². The van der Waals surface area contributed by atoms with E-state index in [0.29, 0.717) is 5.75 Å². The van der Waals surface area contributed by atoms with Crippen LogP contribution in [0.2, 0.25) is 0 Å². The third kappa shape index (κ3) is 3.25. The number of benzene rings is 1. The summed E-state index contributed by atoms with van der Waals surface area (Å²) in [6.07, 6.45) is 0.846. The fourth-order valence-electron chi connectivity index (χ4n) is 1.19. The summed E-state index contributed by atoms with van der Waals surface area (Å²) in [6, 6.07) is 6.55. The van der Waals surface area contributed by atoms with E-state index in [1.807, 2.05) is 31.2 Å². The normalized spacial score (nSPS) is 12.1. The number of aryl methyl sites for hydroxylation is 1. The van der Waals surface area contributed by atoms with Gasteiger partial charge < -0.3 is 15.6 Å². The van der Waals surface area contributed by atoms with Crippen LogP contribution in [0.15, 0.2) is 24.3 Å². The lowest BCUT2D eigenvalue weighted by Gasteiger charge is -2.12. The van der Waals surface area contributed by atoms with Crippen molar-refractivity contribution in [2.24, 2.45) is 5.73 Å². The van der Waals surface area contributed by atoms with Crippen LogP contribution in [0.5, 0.6) is 5.75 Å². The van der Waals surface area contributed by atoms with Crippen LogP contribution in [-0.4, -0.2) is 23.7 Å². The standard InChI is InChI=1S/C11H15NO3/c1-2-8-5-3-4-6-10(8)15-7-9(12)11(13)14/h3-6,9H,2,7,12H2,1H3,(H,13,14)/t9-/m0/s1. The average Bonchev–Trinajstić information content (AvgIpc) is 2.26. The second-order valence-corrected chi connectivity index (χ2v) is 3.22. The van der Waals surface area contributed by atoms with Gasteiger partial charge in [0.1, 0.15) is 18.4 Å². The first-order chi connectivity index (χ1) is 7.15. The molecule has 1 atom stereocenters. The lowest BCUT2D eigenvalue weighted by Crippen LogP contribution is -2.36. The van der Waals surface area contributed by atoms with Crippen molar-refractivity contribution in [3.05, 3.63) is 29.8 Å². The van der Waals surface area contributed by atoms with Crippen molar-refractivity contribution < 1.29 is 14.6 Å². The molecule has 3 N–H and O–H groups in total. The summed E-state index contributed by atoms with van der Waals surface area (Å²) in [5.41, 5.74) is 6.38. The van der Waals surface area contributed by atoms with Crippen LogP contribution < -0.4 is 10.5 Å². The van der Waals surface area contributed by atoms with Gasteiger partial charge in [-0.1, -0.05) is 25.1 Å². The molecular formula is C11H15NO3. The van der Waals surface area contributed by atoms with Gasteiger partial charge in [-0.25, -0.2) is 0 Å². The van der Waals surface area contributed by atoms with Crippen molar-refractivity contribution in [2.45, 2.75) is 19.4 Å². The van der Waals surface area contributed by atoms with Crippen molar-refractivity contribution in [3.8, 4) is 5.75 Å². The van der Waals surface area contributed by atoms with Crippen LogP contribution in [0.25, 0.3) is 0 Å². The Balaban J connectivity index is 2.60. The first-order valence-electron chi connectivity index (χ1n) is 4.84. The SMILES string of the molecule is CCc1ccccc1OC[C@H](N)C(=O)O. The number of carbonyl (C=O) groups is 1. The summed E-state index contributed by atoms with van der Waals surface area (Å²) in [7, 11) is 0. The Morgan fingerprint density at radius 2 is 2.20 bits per heavy atom. The molecule has 0 saturated carbocycles. The highest BCUT2D eigenvalue weighted by molar-refractivity contribution is 5.73. The monoisotopic (exact) mass is 209 g/mol. The molecule has 1 aromatic carbocycles. The zero-order chi connectivity index (χ0) is 11.3. The molecule has 0 heterocycles. The Morgan fingerprint density at radius 1 is 1.53 bits per heavy atom. The number of para-hydroxylation sites is 1. The summed E-state index contributed by atoms with van der Waals surface area (Å²) in [6.45, 7) is 2.01. The largest absolute Gasteiger partial charge is 0.491 e. The van der Waals surface area contributed by atoms with Crippen molar-refractivity contribution in [3.63, 3.8) is 0 Å². The van der Waals surface area contributed by atoms with Crippen molar-refractivity contribution in [2.75, 3.05) is 6.61 Å². The summed E-state index contributed by atoms with van der Waals surface area (Å²) in [5, 5.41) is 8.58. The van der Waals surface area contributed by atoms with E-state index in [4.69, 9.17) is 15.6 Å². The van der Waals surface area contributed by atoms with E-state index in [1.165, 1.54) is 0 Å². The predicted octanol–water partition coefficient (Wildman–Crippen LogP) is 1.04. The highest BCUT2D eigenvalue weighted by atomic mass is 16.5. The molecule has 1 aromatic rings. The number of carboxylic acid groups (broad SMARTS) is 1. The molecule has 4 heteroatoms. The molecule has 15 heavy (non-hydrogen) atoms. The molecule has 0 aliphatic rings. The maximum atomic E-state index is 10.5. The molecule has 0 amide bonds. The van der Waals surface area contributed by atoms with Gasteiger partial charge in [0.2, 0.25) is 0 Å². The second kappa shape index (κ2) is 5.36. The molecule has 0 aliphatic carbocycles. The number of ether oxygens (including phenoxy) is 1. The van der Waals surface area contributed by atoms with E-state index < -0.39 is 12.0 Å². The number of hydrogen-bond acceptors (Lipinski definition) is 3. The van der Waals surface area contributed by atoms with Gasteiger partial charge in [-0.05, 0) is 18.1 Å². The molecule has 0 unspecified atom stereocenters. The highest BCUT2D eigenvalue weighted by Gasteiger charge is 2.12. The number of nitrogens with two attached hydrogens (primary N) is 1. The lowest BCUT2D eigenvalue weighted by atomic mass is 10.1. The molecule has 0 bridgehead atoms. The van der Waals surface area contributed by atoms with E-state index in [2.05, 4.69) is 0 Å². The van der Waals surface area contributed by atoms with E-state index >= 15 is 0 Å². The quantitative estimate of drug-likeness (QED) is 0.760. The Kier molecular flexibility index (Phi) is 4.12. The van der Waals surface area contributed by atoms with Crippen LogP contribution in [0.4, 0.5) is 0 Å². The average molecular weight is 209 g/mol. The minimum absolute atomic E-state index is 0.00759. The number of carboxylic acids is 1. The summed E-state index contributed by atoms with van der Waals surface area (Å²) in [4.78, 5) is 10.5. The molecule has 82 valence electrons. The van der Waals surface area contributed by atoms with Crippen molar-refractivity contribution in [1.82, 2.24) is 0 Å². The Hall–Kier alpha value is -1.55. The van der Waals surface area contributed by atoms with Gasteiger partial charge in [-0.15, -0.1) is 0 Å². The number of aliphatic carboxylic acids is 1. The van der Waals surface area contributed by atoms with Gasteiger partial charge in [0.15, 0.2) is 0 Å². The Morgan fingerprint density at radius 3 is 2.80 bits per heavy atom. The van der Waals surface area contributed by atoms with Gasteiger partial charge >= 0.3 is 5.97 Å². The van der Waals surface area contributed by atoms with Gasteiger partial charge in [-0.2, -0.15) is 0 Å². The van der Waals surface area contributed by atoms with E-state index in [-0.39, 0.29) is 6.61 Å². The van der Waals surface area contributed by atoms with Crippen molar-refractivity contribution >= 4 is 5.97 Å². The first-order valence-corrected chi connectivity index (χ1v) is 4.84. The third-order valence-corrected chi connectivity index (χ3v) is 2.09. The van der Waals surface area contributed by atoms with Gasteiger partial charge in [0.25, 0.3) is 0 Å².